The third-order valence-corrected chi connectivity index (χ3v) is 5.68. The molecule has 7 heteroatoms. The maximum absolute atomic E-state index is 12.4. The Morgan fingerprint density at radius 2 is 1.74 bits per heavy atom. The molecule has 31 heavy (non-hydrogen) atoms. The Morgan fingerprint density at radius 3 is 2.42 bits per heavy atom. The molecular weight excluding hydrogens is 414 g/mol. The molecule has 1 fully saturated rings. The fourth-order valence-corrected chi connectivity index (χ4v) is 3.89. The van der Waals surface area contributed by atoms with E-state index in [9.17, 15) is 4.79 Å². The molecule has 1 atom stereocenters. The summed E-state index contributed by atoms with van der Waals surface area (Å²) in [5.74, 6) is 1.29. The molecule has 0 radical (unpaired) electrons. The third kappa shape index (κ3) is 5.81. The number of carbonyl (C=O) groups is 1. The molecule has 4 rings (SSSR count). The fourth-order valence-electron chi connectivity index (χ4n) is 3.76. The molecule has 1 aromatic heterocycles. The van der Waals surface area contributed by atoms with Crippen molar-refractivity contribution in [3.8, 4) is 5.75 Å². The van der Waals surface area contributed by atoms with Gasteiger partial charge in [-0.1, -0.05) is 29.8 Å². The van der Waals surface area contributed by atoms with Crippen LogP contribution in [0.4, 0.5) is 5.69 Å². The van der Waals surface area contributed by atoms with Gasteiger partial charge in [0.2, 0.25) is 0 Å². The van der Waals surface area contributed by atoms with Crippen LogP contribution in [0.1, 0.15) is 11.8 Å². The monoisotopic (exact) mass is 439 g/mol. The lowest BCUT2D eigenvalue weighted by Gasteiger charge is -2.39. The van der Waals surface area contributed by atoms with Gasteiger partial charge in [0.15, 0.2) is 6.61 Å². The summed E-state index contributed by atoms with van der Waals surface area (Å²) in [6, 6.07) is 21.2. The quantitative estimate of drug-likeness (QED) is 0.575. The Kier molecular flexibility index (Phi) is 7.12. The number of amides is 1. The molecule has 2 heterocycles. The van der Waals surface area contributed by atoms with Gasteiger partial charge in [0.05, 0.1) is 12.3 Å². The van der Waals surface area contributed by atoms with Crippen LogP contribution in [0, 0.1) is 0 Å². The Hall–Kier alpha value is -2.96. The average Bonchev–Trinajstić information content (AvgIpc) is 3.34. The molecule has 0 saturated carbocycles. The molecule has 1 amide bonds. The minimum atomic E-state index is -0.172. The van der Waals surface area contributed by atoms with Crippen LogP contribution >= 0.6 is 11.6 Å². The van der Waals surface area contributed by atoms with Crippen LogP contribution in [0.5, 0.6) is 5.75 Å². The first-order chi connectivity index (χ1) is 15.2. The number of nitrogens with zero attached hydrogens (tertiary/aromatic N) is 2. The molecule has 2 aromatic carbocycles. The van der Waals surface area contributed by atoms with Gasteiger partial charge in [-0.05, 0) is 48.5 Å². The van der Waals surface area contributed by atoms with Crippen LogP contribution in [-0.2, 0) is 4.79 Å². The van der Waals surface area contributed by atoms with Gasteiger partial charge in [-0.3, -0.25) is 9.69 Å². The van der Waals surface area contributed by atoms with Crippen molar-refractivity contribution in [2.24, 2.45) is 0 Å². The second-order valence-corrected chi connectivity index (χ2v) is 7.87. The highest BCUT2D eigenvalue weighted by Crippen LogP contribution is 2.24. The van der Waals surface area contributed by atoms with E-state index in [1.165, 1.54) is 5.69 Å². The van der Waals surface area contributed by atoms with E-state index >= 15 is 0 Å². The first kappa shape index (κ1) is 21.3. The normalized spacial score (nSPS) is 15.5. The summed E-state index contributed by atoms with van der Waals surface area (Å²) < 4.78 is 11.2. The van der Waals surface area contributed by atoms with Gasteiger partial charge in [0.25, 0.3) is 5.91 Å². The molecule has 1 N–H and O–H groups in total. The summed E-state index contributed by atoms with van der Waals surface area (Å²) in [5.41, 5.74) is 1.24. The second kappa shape index (κ2) is 10.4. The van der Waals surface area contributed by atoms with E-state index in [0.29, 0.717) is 17.3 Å². The summed E-state index contributed by atoms with van der Waals surface area (Å²) in [6.07, 6.45) is 1.67. The zero-order valence-corrected chi connectivity index (χ0v) is 18.0. The van der Waals surface area contributed by atoms with Crippen molar-refractivity contribution in [3.63, 3.8) is 0 Å². The summed E-state index contributed by atoms with van der Waals surface area (Å²) in [7, 11) is 0. The minimum Gasteiger partial charge on any atom is -0.484 e. The van der Waals surface area contributed by atoms with Crippen LogP contribution < -0.4 is 15.0 Å². The second-order valence-electron chi connectivity index (χ2n) is 7.44. The van der Waals surface area contributed by atoms with Crippen molar-refractivity contribution in [3.05, 3.63) is 83.8 Å². The number of rotatable bonds is 8. The molecule has 0 unspecified atom stereocenters. The smallest absolute Gasteiger partial charge is 0.258 e. The fraction of sp³-hybridized carbons (Fsp3) is 0.292. The number of benzene rings is 2. The number of furan rings is 1. The zero-order valence-electron chi connectivity index (χ0n) is 17.2. The number of halogens is 1. The van der Waals surface area contributed by atoms with E-state index < -0.39 is 0 Å². The van der Waals surface area contributed by atoms with Crippen molar-refractivity contribution >= 4 is 23.2 Å². The Morgan fingerprint density at radius 1 is 1.00 bits per heavy atom. The van der Waals surface area contributed by atoms with E-state index in [4.69, 9.17) is 20.8 Å². The van der Waals surface area contributed by atoms with Gasteiger partial charge in [-0.2, -0.15) is 0 Å². The molecule has 1 saturated heterocycles. The SMILES string of the molecule is O=C(COc1ccc(Cl)cc1)NC[C@@H](c1ccco1)N1CCN(c2ccccc2)CC1. The lowest BCUT2D eigenvalue weighted by molar-refractivity contribution is -0.123. The molecular formula is C24H26ClN3O3. The third-order valence-electron chi connectivity index (χ3n) is 5.42. The number of anilines is 1. The number of hydrogen-bond acceptors (Lipinski definition) is 5. The van der Waals surface area contributed by atoms with Gasteiger partial charge in [0, 0.05) is 43.4 Å². The highest BCUT2D eigenvalue weighted by Gasteiger charge is 2.27. The molecule has 0 spiro atoms. The minimum absolute atomic E-state index is 0.0209. The first-order valence-electron chi connectivity index (χ1n) is 10.4. The lowest BCUT2D eigenvalue weighted by atomic mass is 10.1. The number of piperazine rings is 1. The highest BCUT2D eigenvalue weighted by molar-refractivity contribution is 6.30. The Bertz CT molecular complexity index is 940. The summed E-state index contributed by atoms with van der Waals surface area (Å²) in [5, 5.41) is 3.62. The van der Waals surface area contributed by atoms with Crippen LogP contribution in [0.2, 0.25) is 5.02 Å². The van der Waals surface area contributed by atoms with Gasteiger partial charge < -0.3 is 19.4 Å². The summed E-state index contributed by atoms with van der Waals surface area (Å²) in [6.45, 7) is 4.04. The Balaban J connectivity index is 1.31. The van der Waals surface area contributed by atoms with Gasteiger partial charge in [0.1, 0.15) is 11.5 Å². The lowest BCUT2D eigenvalue weighted by Crippen LogP contribution is -2.50. The van der Waals surface area contributed by atoms with Crippen molar-refractivity contribution in [2.45, 2.75) is 6.04 Å². The predicted octanol–water partition coefficient (Wildman–Crippen LogP) is 3.99. The van der Waals surface area contributed by atoms with Gasteiger partial charge in [-0.15, -0.1) is 0 Å². The number of nitrogens with one attached hydrogen (secondary N) is 1. The molecule has 0 aliphatic carbocycles. The summed E-state index contributed by atoms with van der Waals surface area (Å²) >= 11 is 5.87. The number of carbonyl (C=O) groups excluding carboxylic acids is 1. The van der Waals surface area contributed by atoms with E-state index in [2.05, 4.69) is 39.4 Å². The van der Waals surface area contributed by atoms with E-state index in [1.54, 1.807) is 30.5 Å². The maximum Gasteiger partial charge on any atom is 0.258 e. The molecule has 162 valence electrons. The zero-order chi connectivity index (χ0) is 21.5. The number of hydrogen-bond donors (Lipinski definition) is 1. The first-order valence-corrected chi connectivity index (χ1v) is 10.8. The largest absolute Gasteiger partial charge is 0.484 e. The van der Waals surface area contributed by atoms with Gasteiger partial charge in [-0.25, -0.2) is 0 Å². The number of para-hydroxylation sites is 1. The van der Waals surface area contributed by atoms with Gasteiger partial charge >= 0.3 is 0 Å². The van der Waals surface area contributed by atoms with Crippen molar-refractivity contribution in [1.29, 1.82) is 0 Å². The molecule has 1 aliphatic rings. The van der Waals surface area contributed by atoms with Crippen LogP contribution in [0.25, 0.3) is 0 Å². The highest BCUT2D eigenvalue weighted by atomic mass is 35.5. The number of ether oxygens (including phenoxy) is 1. The molecule has 3 aromatic rings. The average molecular weight is 440 g/mol. The van der Waals surface area contributed by atoms with E-state index in [0.717, 1.165) is 31.9 Å². The molecule has 6 nitrogen and oxygen atoms in total. The van der Waals surface area contributed by atoms with Crippen LogP contribution in [0.3, 0.4) is 0 Å². The van der Waals surface area contributed by atoms with E-state index in [-0.39, 0.29) is 18.6 Å². The maximum atomic E-state index is 12.4. The van der Waals surface area contributed by atoms with Crippen molar-refractivity contribution < 1.29 is 13.9 Å². The van der Waals surface area contributed by atoms with Crippen LogP contribution in [0.15, 0.2) is 77.4 Å². The topological polar surface area (TPSA) is 58.0 Å². The predicted molar refractivity (Wildman–Crippen MR) is 122 cm³/mol. The van der Waals surface area contributed by atoms with Crippen molar-refractivity contribution in [1.82, 2.24) is 10.2 Å². The Labute approximate surface area is 187 Å². The van der Waals surface area contributed by atoms with Crippen molar-refractivity contribution in [2.75, 3.05) is 44.2 Å². The van der Waals surface area contributed by atoms with E-state index in [1.807, 2.05) is 18.2 Å². The standard InChI is InChI=1S/C24H26ClN3O3/c25-19-8-10-21(11-9-19)31-18-24(29)26-17-22(23-7-4-16-30-23)28-14-12-27(13-15-28)20-5-2-1-3-6-20/h1-11,16,22H,12-15,17-18H2,(H,26,29)/t22-/m0/s1. The molecule has 0 bridgehead atoms. The molecule has 1 aliphatic heterocycles. The summed E-state index contributed by atoms with van der Waals surface area (Å²) in [4.78, 5) is 17.1. The van der Waals surface area contributed by atoms with Crippen LogP contribution in [-0.4, -0.2) is 50.1 Å².